The minimum atomic E-state index is -4.27. The number of hydrogen-bond donors (Lipinski definition) is 1. The fourth-order valence-corrected chi connectivity index (χ4v) is 3.09. The number of nitrogens with one attached hydrogen (secondary N) is 1. The summed E-state index contributed by atoms with van der Waals surface area (Å²) in [6, 6.07) is 5.75. The summed E-state index contributed by atoms with van der Waals surface area (Å²) >= 11 is 0. The van der Waals surface area contributed by atoms with Crippen LogP contribution in [-0.4, -0.2) is 6.04 Å². The van der Waals surface area contributed by atoms with E-state index in [9.17, 15) is 13.2 Å². The van der Waals surface area contributed by atoms with Gasteiger partial charge in [-0.15, -0.1) is 0 Å². The van der Waals surface area contributed by atoms with Gasteiger partial charge in [0.25, 0.3) is 0 Å². The van der Waals surface area contributed by atoms with E-state index in [1.165, 1.54) is 18.6 Å². The van der Waals surface area contributed by atoms with Crippen molar-refractivity contribution in [1.82, 2.24) is 0 Å². The van der Waals surface area contributed by atoms with Crippen molar-refractivity contribution in [3.05, 3.63) is 29.8 Å². The van der Waals surface area contributed by atoms with Crippen LogP contribution in [0, 0.1) is 11.8 Å². The Morgan fingerprint density at radius 3 is 2.26 bits per heavy atom. The van der Waals surface area contributed by atoms with Gasteiger partial charge in [0, 0.05) is 11.7 Å². The second-order valence-corrected chi connectivity index (χ2v) is 5.84. The van der Waals surface area contributed by atoms with Crippen LogP contribution < -0.4 is 5.32 Å². The van der Waals surface area contributed by atoms with Crippen LogP contribution in [0.3, 0.4) is 0 Å². The van der Waals surface area contributed by atoms with Gasteiger partial charge >= 0.3 is 6.18 Å². The molecule has 1 aliphatic carbocycles. The molecule has 1 saturated carbocycles. The first-order valence-electron chi connectivity index (χ1n) is 6.78. The van der Waals surface area contributed by atoms with Crippen LogP contribution in [-0.2, 0) is 6.18 Å². The fourth-order valence-electron chi connectivity index (χ4n) is 3.09. The van der Waals surface area contributed by atoms with E-state index < -0.39 is 11.7 Å². The molecule has 2 atom stereocenters. The molecule has 1 N–H and O–H groups in total. The van der Waals surface area contributed by atoms with E-state index in [-0.39, 0.29) is 6.04 Å². The maximum absolute atomic E-state index is 12.6. The Kier molecular flexibility index (Phi) is 4.07. The van der Waals surface area contributed by atoms with E-state index in [1.54, 1.807) is 6.07 Å². The molecule has 0 spiro atoms. The van der Waals surface area contributed by atoms with Gasteiger partial charge in [0.05, 0.1) is 5.56 Å². The van der Waals surface area contributed by atoms with Crippen molar-refractivity contribution < 1.29 is 13.2 Å². The Morgan fingerprint density at radius 2 is 1.68 bits per heavy atom. The number of hydrogen-bond acceptors (Lipinski definition) is 1. The summed E-state index contributed by atoms with van der Waals surface area (Å²) in [6.07, 6.45) is -1.01. The van der Waals surface area contributed by atoms with Crippen LogP contribution in [0.2, 0.25) is 0 Å². The van der Waals surface area contributed by atoms with Gasteiger partial charge in [-0.2, -0.15) is 13.2 Å². The molecular weight excluding hydrogens is 251 g/mol. The van der Waals surface area contributed by atoms with Crippen LogP contribution in [0.15, 0.2) is 24.3 Å². The minimum Gasteiger partial charge on any atom is -0.382 e. The van der Waals surface area contributed by atoms with Gasteiger partial charge < -0.3 is 5.32 Å². The van der Waals surface area contributed by atoms with E-state index >= 15 is 0 Å². The molecule has 1 aromatic rings. The third-order valence-corrected chi connectivity index (χ3v) is 3.74. The third-order valence-electron chi connectivity index (χ3n) is 3.74. The average Bonchev–Trinajstić information content (AvgIpc) is 2.26. The Hall–Kier alpha value is -1.19. The van der Waals surface area contributed by atoms with E-state index in [2.05, 4.69) is 19.2 Å². The third kappa shape index (κ3) is 3.88. The molecule has 1 aromatic carbocycles. The lowest BCUT2D eigenvalue weighted by Gasteiger charge is -2.32. The molecule has 0 aliphatic heterocycles. The maximum Gasteiger partial charge on any atom is 0.416 e. The predicted octanol–water partition coefficient (Wildman–Crippen LogP) is 4.94. The Labute approximate surface area is 112 Å². The van der Waals surface area contributed by atoms with Crippen LogP contribution >= 0.6 is 0 Å². The molecule has 4 heteroatoms. The highest BCUT2D eigenvalue weighted by Gasteiger charge is 2.31. The van der Waals surface area contributed by atoms with Crippen LogP contribution in [0.5, 0.6) is 0 Å². The zero-order chi connectivity index (χ0) is 14.0. The second kappa shape index (κ2) is 5.43. The van der Waals surface area contributed by atoms with Crippen molar-refractivity contribution in [2.24, 2.45) is 11.8 Å². The second-order valence-electron chi connectivity index (χ2n) is 5.84. The van der Waals surface area contributed by atoms with Gasteiger partial charge in [-0.05, 0) is 49.3 Å². The quantitative estimate of drug-likeness (QED) is 0.803. The molecule has 0 radical (unpaired) electrons. The highest BCUT2D eigenvalue weighted by molar-refractivity contribution is 5.47. The molecule has 1 fully saturated rings. The lowest BCUT2D eigenvalue weighted by molar-refractivity contribution is -0.137. The molecular formula is C15H20F3N. The number of alkyl halides is 3. The van der Waals surface area contributed by atoms with Crippen molar-refractivity contribution >= 4 is 5.69 Å². The summed E-state index contributed by atoms with van der Waals surface area (Å²) < 4.78 is 37.9. The van der Waals surface area contributed by atoms with E-state index in [4.69, 9.17) is 0 Å². The van der Waals surface area contributed by atoms with E-state index in [0.717, 1.165) is 18.9 Å². The molecule has 0 amide bonds. The summed E-state index contributed by atoms with van der Waals surface area (Å²) in [5.74, 6) is 1.26. The van der Waals surface area contributed by atoms with Crippen LogP contribution in [0.25, 0.3) is 0 Å². The molecule has 0 bridgehead atoms. The van der Waals surface area contributed by atoms with Crippen molar-refractivity contribution in [2.45, 2.75) is 45.3 Å². The Balaban J connectivity index is 2.07. The first kappa shape index (κ1) is 14.2. The summed E-state index contributed by atoms with van der Waals surface area (Å²) in [4.78, 5) is 0. The number of halogens is 3. The van der Waals surface area contributed by atoms with Gasteiger partial charge in [-0.3, -0.25) is 0 Å². The van der Waals surface area contributed by atoms with Gasteiger partial charge in [0.15, 0.2) is 0 Å². The Bertz CT molecular complexity index is 418. The normalized spacial score (nSPS) is 28.2. The molecule has 0 saturated heterocycles. The van der Waals surface area contributed by atoms with Gasteiger partial charge in [-0.25, -0.2) is 0 Å². The molecule has 1 aliphatic rings. The molecule has 2 rings (SSSR count). The first-order chi connectivity index (χ1) is 8.84. The highest BCUT2D eigenvalue weighted by atomic mass is 19.4. The molecule has 2 unspecified atom stereocenters. The Morgan fingerprint density at radius 1 is 1.05 bits per heavy atom. The molecule has 19 heavy (non-hydrogen) atoms. The van der Waals surface area contributed by atoms with Crippen molar-refractivity contribution in [3.8, 4) is 0 Å². The average molecular weight is 271 g/mol. The number of rotatable bonds is 2. The minimum absolute atomic E-state index is 0.280. The fraction of sp³-hybridized carbons (Fsp3) is 0.600. The number of anilines is 1. The zero-order valence-electron chi connectivity index (χ0n) is 11.3. The lowest BCUT2D eigenvalue weighted by atomic mass is 9.80. The summed E-state index contributed by atoms with van der Waals surface area (Å²) in [5, 5.41) is 3.25. The molecule has 0 aromatic heterocycles. The predicted molar refractivity (Wildman–Crippen MR) is 71.0 cm³/mol. The van der Waals surface area contributed by atoms with Gasteiger partial charge in [0.2, 0.25) is 0 Å². The highest BCUT2D eigenvalue weighted by Crippen LogP contribution is 2.33. The molecule has 1 nitrogen and oxygen atoms in total. The topological polar surface area (TPSA) is 12.0 Å². The van der Waals surface area contributed by atoms with Crippen molar-refractivity contribution in [2.75, 3.05) is 5.32 Å². The lowest BCUT2D eigenvalue weighted by Crippen LogP contribution is -2.30. The van der Waals surface area contributed by atoms with Crippen molar-refractivity contribution in [3.63, 3.8) is 0 Å². The molecule has 0 heterocycles. The smallest absolute Gasteiger partial charge is 0.382 e. The SMILES string of the molecule is CC1CC(C)CC(Nc2cccc(C(F)(F)F)c2)C1. The zero-order valence-corrected chi connectivity index (χ0v) is 11.3. The molecule has 106 valence electrons. The van der Waals surface area contributed by atoms with E-state index in [1.807, 2.05) is 0 Å². The van der Waals surface area contributed by atoms with Crippen LogP contribution in [0.1, 0.15) is 38.7 Å². The summed E-state index contributed by atoms with van der Waals surface area (Å²) in [5.41, 5.74) is -0.0180. The summed E-state index contributed by atoms with van der Waals surface area (Å²) in [6.45, 7) is 4.41. The van der Waals surface area contributed by atoms with E-state index in [0.29, 0.717) is 17.5 Å². The first-order valence-corrected chi connectivity index (χ1v) is 6.78. The maximum atomic E-state index is 12.6. The van der Waals surface area contributed by atoms with Crippen molar-refractivity contribution in [1.29, 1.82) is 0 Å². The number of benzene rings is 1. The standard InChI is InChI=1S/C15H20F3N/c1-10-6-11(2)8-14(7-10)19-13-5-3-4-12(9-13)15(16,17)18/h3-5,9-11,14,19H,6-8H2,1-2H3. The summed E-state index contributed by atoms with van der Waals surface area (Å²) in [7, 11) is 0. The monoisotopic (exact) mass is 271 g/mol. The largest absolute Gasteiger partial charge is 0.416 e. The van der Waals surface area contributed by atoms with Crippen LogP contribution in [0.4, 0.5) is 18.9 Å². The van der Waals surface area contributed by atoms with Gasteiger partial charge in [0.1, 0.15) is 0 Å². The van der Waals surface area contributed by atoms with Gasteiger partial charge in [-0.1, -0.05) is 19.9 Å².